The van der Waals surface area contributed by atoms with Gasteiger partial charge in [0.25, 0.3) is 5.91 Å². The van der Waals surface area contributed by atoms with Crippen LogP contribution >= 0.6 is 0 Å². The van der Waals surface area contributed by atoms with Crippen LogP contribution in [0.2, 0.25) is 0 Å². The second-order valence-electron chi connectivity index (χ2n) is 5.01. The van der Waals surface area contributed by atoms with Gasteiger partial charge >= 0.3 is 6.18 Å². The van der Waals surface area contributed by atoms with Crippen LogP contribution in [0.25, 0.3) is 0 Å². The highest BCUT2D eigenvalue weighted by Crippen LogP contribution is 2.35. The third-order valence-corrected chi connectivity index (χ3v) is 3.22. The van der Waals surface area contributed by atoms with E-state index in [1.54, 1.807) is 0 Å². The zero-order chi connectivity index (χ0) is 15.5. The lowest BCUT2D eigenvalue weighted by molar-refractivity contribution is -0.136. The maximum atomic E-state index is 12.9. The van der Waals surface area contributed by atoms with E-state index in [0.717, 1.165) is 6.07 Å². The first kappa shape index (κ1) is 16.3. The minimum Gasteiger partial charge on any atom is -0.388 e. The van der Waals surface area contributed by atoms with Gasteiger partial charge in [-0.15, -0.1) is 0 Å². The molecule has 0 radical (unpaired) electrons. The predicted molar refractivity (Wildman–Crippen MR) is 72.8 cm³/mol. The molecule has 112 valence electrons. The first-order valence-electron chi connectivity index (χ1n) is 6.36. The Morgan fingerprint density at radius 1 is 1.20 bits per heavy atom. The fourth-order valence-electron chi connectivity index (χ4n) is 1.59. The summed E-state index contributed by atoms with van der Waals surface area (Å²) >= 11 is 0. The van der Waals surface area contributed by atoms with Crippen LogP contribution in [0.5, 0.6) is 0 Å². The molecule has 0 spiro atoms. The van der Waals surface area contributed by atoms with Crippen LogP contribution in [0.4, 0.5) is 18.9 Å². The fraction of sp³-hybridized carbons (Fsp3) is 0.500. The number of carbonyl (C=O) groups is 1. The summed E-state index contributed by atoms with van der Waals surface area (Å²) in [5.74, 6) is -0.294. The van der Waals surface area contributed by atoms with E-state index in [2.05, 4.69) is 10.6 Å². The van der Waals surface area contributed by atoms with Gasteiger partial charge in [-0.1, -0.05) is 13.8 Å². The summed E-state index contributed by atoms with van der Waals surface area (Å²) in [7, 11) is 1.41. The summed E-state index contributed by atoms with van der Waals surface area (Å²) in [5, 5.41) is 5.16. The Morgan fingerprint density at radius 2 is 1.80 bits per heavy atom. The highest BCUT2D eigenvalue weighted by Gasteiger charge is 2.34. The minimum atomic E-state index is -4.50. The molecular weight excluding hydrogens is 269 g/mol. The molecule has 0 aliphatic rings. The Morgan fingerprint density at radius 3 is 2.25 bits per heavy atom. The molecule has 0 aliphatic carbocycles. The molecule has 0 bridgehead atoms. The molecule has 1 unspecified atom stereocenters. The van der Waals surface area contributed by atoms with Crippen molar-refractivity contribution >= 4 is 11.6 Å². The Hall–Kier alpha value is -1.72. The molecule has 1 aromatic carbocycles. The Kier molecular flexibility index (Phi) is 5.03. The monoisotopic (exact) mass is 288 g/mol. The van der Waals surface area contributed by atoms with Gasteiger partial charge in [0.2, 0.25) is 0 Å². The number of hydrogen-bond acceptors (Lipinski definition) is 2. The molecule has 1 rings (SSSR count). The second-order valence-corrected chi connectivity index (χ2v) is 5.01. The van der Waals surface area contributed by atoms with Gasteiger partial charge in [-0.05, 0) is 31.0 Å². The first-order valence-corrected chi connectivity index (χ1v) is 6.36. The van der Waals surface area contributed by atoms with Crippen LogP contribution in [0, 0.1) is 5.92 Å². The van der Waals surface area contributed by atoms with E-state index in [1.165, 1.54) is 19.2 Å². The maximum Gasteiger partial charge on any atom is 0.418 e. The van der Waals surface area contributed by atoms with Crippen molar-refractivity contribution in [3.8, 4) is 0 Å². The molecule has 0 fully saturated rings. The van der Waals surface area contributed by atoms with E-state index in [1.807, 2.05) is 20.8 Å². The number of carbonyl (C=O) groups excluding carboxylic acids is 1. The van der Waals surface area contributed by atoms with Crippen molar-refractivity contribution < 1.29 is 18.0 Å². The van der Waals surface area contributed by atoms with E-state index >= 15 is 0 Å². The van der Waals surface area contributed by atoms with E-state index < -0.39 is 17.6 Å². The smallest absolute Gasteiger partial charge is 0.388 e. The van der Waals surface area contributed by atoms with Crippen molar-refractivity contribution in [3.05, 3.63) is 29.3 Å². The summed E-state index contributed by atoms with van der Waals surface area (Å²) < 4.78 is 38.7. The highest BCUT2D eigenvalue weighted by molar-refractivity contribution is 5.95. The molecule has 1 amide bonds. The van der Waals surface area contributed by atoms with Gasteiger partial charge < -0.3 is 10.6 Å². The number of hydrogen-bond donors (Lipinski definition) is 2. The third-order valence-electron chi connectivity index (χ3n) is 3.22. The van der Waals surface area contributed by atoms with Crippen molar-refractivity contribution in [2.75, 3.05) is 12.4 Å². The summed E-state index contributed by atoms with van der Waals surface area (Å²) in [6.07, 6.45) is -4.50. The number of rotatable bonds is 4. The lowest BCUT2D eigenvalue weighted by Gasteiger charge is -2.18. The van der Waals surface area contributed by atoms with Gasteiger partial charge in [0, 0.05) is 24.3 Å². The van der Waals surface area contributed by atoms with Crippen molar-refractivity contribution in [1.82, 2.24) is 5.32 Å². The standard InChI is InChI=1S/C14H19F3N2O/c1-8(2)9(3)19-13(20)10-5-6-12(18-4)11(7-10)14(15,16)17/h5-9,18H,1-4H3,(H,19,20). The number of nitrogens with one attached hydrogen (secondary N) is 2. The molecule has 0 aliphatic heterocycles. The van der Waals surface area contributed by atoms with Crippen LogP contribution < -0.4 is 10.6 Å². The maximum absolute atomic E-state index is 12.9. The second kappa shape index (κ2) is 6.15. The minimum absolute atomic E-state index is 0.00354. The molecule has 1 aromatic rings. The average Bonchev–Trinajstić information content (AvgIpc) is 2.36. The predicted octanol–water partition coefficient (Wildman–Crippen LogP) is 3.52. The van der Waals surface area contributed by atoms with Crippen LogP contribution in [0.15, 0.2) is 18.2 Å². The lowest BCUT2D eigenvalue weighted by Crippen LogP contribution is -2.36. The van der Waals surface area contributed by atoms with E-state index in [4.69, 9.17) is 0 Å². The van der Waals surface area contributed by atoms with Gasteiger partial charge in [0.15, 0.2) is 0 Å². The molecule has 20 heavy (non-hydrogen) atoms. The molecule has 0 saturated carbocycles. The normalized spacial score (nSPS) is 13.2. The highest BCUT2D eigenvalue weighted by atomic mass is 19.4. The SMILES string of the molecule is CNc1ccc(C(=O)NC(C)C(C)C)cc1C(F)(F)F. The van der Waals surface area contributed by atoms with Crippen molar-refractivity contribution in [3.63, 3.8) is 0 Å². The van der Waals surface area contributed by atoms with Crippen LogP contribution in [-0.4, -0.2) is 19.0 Å². The molecular formula is C14H19F3N2O. The zero-order valence-electron chi connectivity index (χ0n) is 11.9. The molecule has 3 nitrogen and oxygen atoms in total. The van der Waals surface area contributed by atoms with Crippen molar-refractivity contribution in [2.45, 2.75) is 33.0 Å². The summed E-state index contributed by atoms with van der Waals surface area (Å²) in [5.41, 5.74) is -0.889. The summed E-state index contributed by atoms with van der Waals surface area (Å²) in [6, 6.07) is 3.40. The Labute approximate surface area is 116 Å². The molecule has 0 heterocycles. The molecule has 0 aromatic heterocycles. The number of benzene rings is 1. The third kappa shape index (κ3) is 3.88. The lowest BCUT2D eigenvalue weighted by atomic mass is 10.0. The fourth-order valence-corrected chi connectivity index (χ4v) is 1.59. The van der Waals surface area contributed by atoms with Crippen LogP contribution in [0.3, 0.4) is 0 Å². The Balaban J connectivity index is 3.06. The van der Waals surface area contributed by atoms with Gasteiger partial charge in [-0.25, -0.2) is 0 Å². The molecule has 6 heteroatoms. The summed E-state index contributed by atoms with van der Waals surface area (Å²) in [4.78, 5) is 11.9. The first-order chi connectivity index (χ1) is 9.16. The van der Waals surface area contributed by atoms with Crippen LogP contribution in [-0.2, 0) is 6.18 Å². The van der Waals surface area contributed by atoms with E-state index in [0.29, 0.717) is 0 Å². The van der Waals surface area contributed by atoms with Gasteiger partial charge in [0.05, 0.1) is 5.56 Å². The van der Waals surface area contributed by atoms with Gasteiger partial charge in [-0.2, -0.15) is 13.2 Å². The zero-order valence-corrected chi connectivity index (χ0v) is 11.9. The largest absolute Gasteiger partial charge is 0.418 e. The molecule has 2 N–H and O–H groups in total. The molecule has 1 atom stereocenters. The van der Waals surface area contributed by atoms with Gasteiger partial charge in [0.1, 0.15) is 0 Å². The summed E-state index contributed by atoms with van der Waals surface area (Å²) in [6.45, 7) is 5.67. The number of anilines is 1. The van der Waals surface area contributed by atoms with Crippen LogP contribution in [0.1, 0.15) is 36.7 Å². The van der Waals surface area contributed by atoms with Crippen molar-refractivity contribution in [2.24, 2.45) is 5.92 Å². The van der Waals surface area contributed by atoms with Crippen molar-refractivity contribution in [1.29, 1.82) is 0 Å². The van der Waals surface area contributed by atoms with Gasteiger partial charge in [-0.3, -0.25) is 4.79 Å². The average molecular weight is 288 g/mol. The quantitative estimate of drug-likeness (QED) is 0.890. The Bertz CT molecular complexity index is 484. The van der Waals surface area contributed by atoms with E-state index in [9.17, 15) is 18.0 Å². The topological polar surface area (TPSA) is 41.1 Å². The molecule has 0 saturated heterocycles. The van der Waals surface area contributed by atoms with E-state index in [-0.39, 0.29) is 23.2 Å². The number of alkyl halides is 3. The number of amides is 1. The number of halogens is 3.